The van der Waals surface area contributed by atoms with Crippen LogP contribution in [0.15, 0.2) is 54.7 Å². The highest BCUT2D eigenvalue weighted by atomic mass is 16.6. The van der Waals surface area contributed by atoms with E-state index in [9.17, 15) is 14.9 Å². The van der Waals surface area contributed by atoms with E-state index >= 15 is 0 Å². The van der Waals surface area contributed by atoms with Crippen LogP contribution in [-0.4, -0.2) is 20.6 Å². The van der Waals surface area contributed by atoms with Crippen molar-refractivity contribution in [2.75, 3.05) is 5.32 Å². The summed E-state index contributed by atoms with van der Waals surface area (Å²) in [6.07, 6.45) is 2.07. The Morgan fingerprint density at radius 2 is 1.96 bits per heavy atom. The number of nitro groups is 1. The van der Waals surface area contributed by atoms with Gasteiger partial charge in [0.05, 0.1) is 23.2 Å². The topological polar surface area (TPSA) is 90.1 Å². The molecule has 3 rings (SSSR count). The summed E-state index contributed by atoms with van der Waals surface area (Å²) in [5.41, 5.74) is 3.28. The standard InChI is InChI=1S/C20H20N4O3/c1-3-16-9-10-17(11-19(16)24(26)27)22-20(25)18-12-21-23(14(18)2)13-15-7-5-4-6-8-15/h4-12H,3,13H2,1-2H3,(H,22,25). The third-order valence-electron chi connectivity index (χ3n) is 4.44. The molecule has 27 heavy (non-hydrogen) atoms. The summed E-state index contributed by atoms with van der Waals surface area (Å²) in [5.74, 6) is -0.342. The van der Waals surface area contributed by atoms with Gasteiger partial charge in [-0.1, -0.05) is 43.3 Å². The molecule has 1 amide bonds. The lowest BCUT2D eigenvalue weighted by atomic mass is 10.1. The van der Waals surface area contributed by atoms with Crippen molar-refractivity contribution in [3.8, 4) is 0 Å². The molecule has 0 unspecified atom stereocenters. The van der Waals surface area contributed by atoms with E-state index in [1.807, 2.05) is 44.2 Å². The fraction of sp³-hybridized carbons (Fsp3) is 0.200. The largest absolute Gasteiger partial charge is 0.322 e. The van der Waals surface area contributed by atoms with E-state index in [2.05, 4.69) is 10.4 Å². The highest BCUT2D eigenvalue weighted by Crippen LogP contribution is 2.24. The third kappa shape index (κ3) is 4.03. The number of carbonyl (C=O) groups excluding carboxylic acids is 1. The lowest BCUT2D eigenvalue weighted by molar-refractivity contribution is -0.385. The lowest BCUT2D eigenvalue weighted by Gasteiger charge is -2.08. The molecule has 0 aliphatic heterocycles. The first-order chi connectivity index (χ1) is 13.0. The molecular formula is C20H20N4O3. The molecule has 1 aromatic heterocycles. The van der Waals surface area contributed by atoms with E-state index in [0.29, 0.717) is 29.8 Å². The summed E-state index contributed by atoms with van der Waals surface area (Å²) in [6, 6.07) is 14.6. The molecule has 7 nitrogen and oxygen atoms in total. The first-order valence-corrected chi connectivity index (χ1v) is 8.64. The fourth-order valence-corrected chi connectivity index (χ4v) is 2.89. The van der Waals surface area contributed by atoms with E-state index in [1.165, 1.54) is 12.3 Å². The van der Waals surface area contributed by atoms with Crippen LogP contribution in [0.25, 0.3) is 0 Å². The number of nitro benzene ring substituents is 1. The molecule has 0 aliphatic carbocycles. The number of carbonyl (C=O) groups is 1. The molecule has 0 fully saturated rings. The van der Waals surface area contributed by atoms with E-state index in [1.54, 1.807) is 16.8 Å². The van der Waals surface area contributed by atoms with E-state index < -0.39 is 4.92 Å². The van der Waals surface area contributed by atoms with Crippen LogP contribution in [0.5, 0.6) is 0 Å². The zero-order valence-electron chi connectivity index (χ0n) is 15.2. The van der Waals surface area contributed by atoms with Crippen molar-refractivity contribution in [2.24, 2.45) is 0 Å². The molecule has 0 spiro atoms. The fourth-order valence-electron chi connectivity index (χ4n) is 2.89. The zero-order chi connectivity index (χ0) is 19.4. The normalized spacial score (nSPS) is 10.6. The Kier molecular flexibility index (Phi) is 5.30. The van der Waals surface area contributed by atoms with Crippen molar-refractivity contribution < 1.29 is 9.72 Å². The maximum atomic E-state index is 12.6. The number of aryl methyl sites for hydroxylation is 1. The maximum Gasteiger partial charge on any atom is 0.274 e. The Balaban J connectivity index is 1.79. The molecule has 0 atom stereocenters. The van der Waals surface area contributed by atoms with Gasteiger partial charge in [0.1, 0.15) is 0 Å². The van der Waals surface area contributed by atoms with Gasteiger partial charge in [-0.05, 0) is 25.0 Å². The van der Waals surface area contributed by atoms with Gasteiger partial charge in [0, 0.05) is 23.0 Å². The number of nitrogens with one attached hydrogen (secondary N) is 1. The third-order valence-corrected chi connectivity index (χ3v) is 4.44. The molecule has 3 aromatic rings. The summed E-state index contributed by atoms with van der Waals surface area (Å²) in [7, 11) is 0. The monoisotopic (exact) mass is 364 g/mol. The molecule has 1 N–H and O–H groups in total. The summed E-state index contributed by atoms with van der Waals surface area (Å²) in [5, 5.41) is 18.2. The molecule has 0 radical (unpaired) electrons. The van der Waals surface area contributed by atoms with E-state index in [-0.39, 0.29) is 11.6 Å². The zero-order valence-corrected chi connectivity index (χ0v) is 15.2. The van der Waals surface area contributed by atoms with Crippen molar-refractivity contribution in [1.29, 1.82) is 0 Å². The minimum atomic E-state index is -0.433. The van der Waals surface area contributed by atoms with Crippen LogP contribution < -0.4 is 5.32 Å². The van der Waals surface area contributed by atoms with Crippen molar-refractivity contribution in [2.45, 2.75) is 26.8 Å². The van der Waals surface area contributed by atoms with Crippen molar-refractivity contribution in [3.63, 3.8) is 0 Å². The highest BCUT2D eigenvalue weighted by molar-refractivity contribution is 6.05. The van der Waals surface area contributed by atoms with Gasteiger partial charge in [0.2, 0.25) is 0 Å². The van der Waals surface area contributed by atoms with Crippen LogP contribution in [0.3, 0.4) is 0 Å². The van der Waals surface area contributed by atoms with Crippen LogP contribution in [0, 0.1) is 17.0 Å². The average molecular weight is 364 g/mol. The Labute approximate surface area is 156 Å². The number of rotatable bonds is 6. The van der Waals surface area contributed by atoms with Crippen LogP contribution in [0.1, 0.15) is 34.1 Å². The van der Waals surface area contributed by atoms with Crippen molar-refractivity contribution in [3.05, 3.63) is 87.2 Å². The number of nitrogens with zero attached hydrogens (tertiary/aromatic N) is 3. The number of benzene rings is 2. The van der Waals surface area contributed by atoms with Gasteiger partial charge in [-0.15, -0.1) is 0 Å². The summed E-state index contributed by atoms with van der Waals surface area (Å²) >= 11 is 0. The molecule has 0 bridgehead atoms. The van der Waals surface area contributed by atoms with Crippen molar-refractivity contribution >= 4 is 17.3 Å². The second-order valence-electron chi connectivity index (χ2n) is 6.20. The van der Waals surface area contributed by atoms with Crippen LogP contribution in [-0.2, 0) is 13.0 Å². The predicted molar refractivity (Wildman–Crippen MR) is 103 cm³/mol. The maximum absolute atomic E-state index is 12.6. The number of amides is 1. The van der Waals surface area contributed by atoms with Crippen LogP contribution in [0.2, 0.25) is 0 Å². The van der Waals surface area contributed by atoms with E-state index in [4.69, 9.17) is 0 Å². The Morgan fingerprint density at radius 1 is 1.22 bits per heavy atom. The van der Waals surface area contributed by atoms with Crippen molar-refractivity contribution in [1.82, 2.24) is 9.78 Å². The minimum Gasteiger partial charge on any atom is -0.322 e. The van der Waals surface area contributed by atoms with Gasteiger partial charge in [-0.2, -0.15) is 5.10 Å². The molecule has 2 aromatic carbocycles. The molecule has 7 heteroatoms. The number of anilines is 1. The molecular weight excluding hydrogens is 344 g/mol. The Hall–Kier alpha value is -3.48. The van der Waals surface area contributed by atoms with Gasteiger partial charge < -0.3 is 5.32 Å². The van der Waals surface area contributed by atoms with Gasteiger partial charge in [0.25, 0.3) is 11.6 Å². The van der Waals surface area contributed by atoms with Crippen LogP contribution >= 0.6 is 0 Å². The second kappa shape index (κ2) is 7.82. The minimum absolute atomic E-state index is 0.00629. The molecule has 0 saturated carbocycles. The summed E-state index contributed by atoms with van der Waals surface area (Å²) in [6.45, 7) is 4.25. The summed E-state index contributed by atoms with van der Waals surface area (Å²) in [4.78, 5) is 23.4. The predicted octanol–water partition coefficient (Wildman–Crippen LogP) is 3.96. The smallest absolute Gasteiger partial charge is 0.274 e. The number of hydrogen-bond donors (Lipinski definition) is 1. The second-order valence-corrected chi connectivity index (χ2v) is 6.20. The van der Waals surface area contributed by atoms with Gasteiger partial charge in [-0.25, -0.2) is 0 Å². The SMILES string of the molecule is CCc1ccc(NC(=O)c2cnn(Cc3ccccc3)c2C)cc1[N+](=O)[O-]. The summed E-state index contributed by atoms with van der Waals surface area (Å²) < 4.78 is 1.76. The first kappa shape index (κ1) is 18.3. The van der Waals surface area contributed by atoms with E-state index in [0.717, 1.165) is 11.3 Å². The molecule has 1 heterocycles. The quantitative estimate of drug-likeness (QED) is 0.529. The Morgan fingerprint density at radius 3 is 2.63 bits per heavy atom. The molecule has 0 aliphatic rings. The first-order valence-electron chi connectivity index (χ1n) is 8.64. The Bertz CT molecular complexity index is 980. The number of hydrogen-bond acceptors (Lipinski definition) is 4. The molecule has 138 valence electrons. The van der Waals surface area contributed by atoms with Gasteiger partial charge in [-0.3, -0.25) is 19.6 Å². The van der Waals surface area contributed by atoms with Gasteiger partial charge in [0.15, 0.2) is 0 Å². The van der Waals surface area contributed by atoms with Gasteiger partial charge >= 0.3 is 0 Å². The number of aromatic nitrogens is 2. The highest BCUT2D eigenvalue weighted by Gasteiger charge is 2.17. The lowest BCUT2D eigenvalue weighted by Crippen LogP contribution is -2.14. The average Bonchev–Trinajstić information content (AvgIpc) is 3.03. The molecule has 0 saturated heterocycles. The van der Waals surface area contributed by atoms with Crippen LogP contribution in [0.4, 0.5) is 11.4 Å².